The quantitative estimate of drug-likeness (QED) is 0.851. The normalized spacial score (nSPS) is 10.7. The molecule has 1 rings (SSSR count). The molecule has 0 saturated carbocycles. The van der Waals surface area contributed by atoms with Crippen LogP contribution in [0.5, 0.6) is 0 Å². The molecule has 0 amide bonds. The van der Waals surface area contributed by atoms with E-state index in [1.54, 1.807) is 0 Å². The van der Waals surface area contributed by atoms with Gasteiger partial charge in [-0.05, 0) is 6.07 Å². The Bertz CT molecular complexity index is 450. The Balaban J connectivity index is 0.00000169. The van der Waals surface area contributed by atoms with Crippen molar-refractivity contribution in [3.05, 3.63) is 16.0 Å². The number of thiophene rings is 1. The molecule has 0 fully saturated rings. The number of carboxylic acids is 1. The fraction of sp³-hybridized carbons (Fsp3) is 0. The summed E-state index contributed by atoms with van der Waals surface area (Å²) in [5.41, 5.74) is -0.398. The van der Waals surface area contributed by atoms with E-state index in [-0.39, 0.29) is 16.7 Å². The van der Waals surface area contributed by atoms with Gasteiger partial charge in [-0.3, -0.25) is 0 Å². The minimum absolute atomic E-state index is 0. The van der Waals surface area contributed by atoms with Crippen LogP contribution in [0.2, 0.25) is 4.34 Å². The Kier molecular flexibility index (Phi) is 4.67. The maximum Gasteiger partial charge on any atom is 0.337 e. The molecule has 80 valence electrons. The van der Waals surface area contributed by atoms with E-state index < -0.39 is 24.8 Å². The molecule has 0 aliphatic rings. The molecule has 0 spiro atoms. The predicted molar refractivity (Wildman–Crippen MR) is 56.6 cm³/mol. The zero-order valence-electron chi connectivity index (χ0n) is 6.23. The lowest BCUT2D eigenvalue weighted by Gasteiger charge is -1.91. The van der Waals surface area contributed by atoms with Crippen LogP contribution in [0.3, 0.4) is 0 Å². The van der Waals surface area contributed by atoms with Gasteiger partial charge in [0.1, 0.15) is 0 Å². The van der Waals surface area contributed by atoms with Crippen molar-refractivity contribution in [3.8, 4) is 0 Å². The molecule has 4 nitrogen and oxygen atoms in total. The van der Waals surface area contributed by atoms with Crippen LogP contribution >= 0.6 is 46.0 Å². The zero-order valence-corrected chi connectivity index (χ0v) is 10.2. The minimum Gasteiger partial charge on any atom is -0.478 e. The summed E-state index contributed by atoms with van der Waals surface area (Å²) < 4.78 is 21.3. The first-order chi connectivity index (χ1) is 5.82. The van der Waals surface area contributed by atoms with E-state index in [0.717, 1.165) is 6.07 Å². The first kappa shape index (κ1) is 14.0. The van der Waals surface area contributed by atoms with Crippen molar-refractivity contribution in [2.45, 2.75) is 4.21 Å². The smallest absolute Gasteiger partial charge is 0.337 e. The van der Waals surface area contributed by atoms with E-state index in [1.807, 2.05) is 0 Å². The van der Waals surface area contributed by atoms with Gasteiger partial charge in [-0.25, -0.2) is 13.2 Å². The van der Waals surface area contributed by atoms with E-state index in [4.69, 9.17) is 27.4 Å². The second-order valence-electron chi connectivity index (χ2n) is 1.99. The average Bonchev–Trinajstić information content (AvgIpc) is 2.29. The molecule has 0 saturated heterocycles. The summed E-state index contributed by atoms with van der Waals surface area (Å²) in [5, 5.41) is 8.57. The monoisotopic (exact) mass is 296 g/mol. The van der Waals surface area contributed by atoms with Crippen LogP contribution in [0, 0.1) is 0 Å². The molecule has 1 aromatic heterocycles. The maximum atomic E-state index is 10.8. The molecule has 0 aliphatic heterocycles. The Morgan fingerprint density at radius 2 is 2.00 bits per heavy atom. The number of hydrogen-bond donors (Lipinski definition) is 1. The van der Waals surface area contributed by atoms with Crippen LogP contribution in [-0.2, 0) is 9.05 Å². The summed E-state index contributed by atoms with van der Waals surface area (Å²) in [6, 6.07) is 1.05. The Morgan fingerprint density at radius 3 is 2.29 bits per heavy atom. The molecule has 0 aromatic carbocycles. The summed E-state index contributed by atoms with van der Waals surface area (Å²) >= 11 is 6.06. The van der Waals surface area contributed by atoms with E-state index in [2.05, 4.69) is 0 Å². The van der Waals surface area contributed by atoms with Crippen molar-refractivity contribution in [2.24, 2.45) is 0 Å². The van der Waals surface area contributed by atoms with Crippen molar-refractivity contribution in [1.29, 1.82) is 0 Å². The standard InChI is InChI=1S/C5H2Cl2O4S2.ClH/c6-3-1-2(4(8)9)5(12-3)13(7,10)11;/h1H,(H,8,9);1H. The number of carboxylic acid groups (broad SMARTS) is 1. The van der Waals surface area contributed by atoms with Crippen LogP contribution < -0.4 is 0 Å². The number of rotatable bonds is 2. The Morgan fingerprint density at radius 1 is 1.50 bits per heavy atom. The first-order valence-corrected chi connectivity index (χ1v) is 6.30. The van der Waals surface area contributed by atoms with Gasteiger partial charge in [-0.15, -0.1) is 23.7 Å². The lowest BCUT2D eigenvalue weighted by molar-refractivity contribution is 0.0694. The molecular weight excluding hydrogens is 295 g/mol. The largest absolute Gasteiger partial charge is 0.478 e. The minimum atomic E-state index is -4.03. The van der Waals surface area contributed by atoms with Crippen LogP contribution in [0.1, 0.15) is 10.4 Å². The Labute approximate surface area is 99.3 Å². The van der Waals surface area contributed by atoms with E-state index in [0.29, 0.717) is 11.3 Å². The summed E-state index contributed by atoms with van der Waals surface area (Å²) in [6.07, 6.45) is 0. The van der Waals surface area contributed by atoms with Crippen molar-refractivity contribution in [2.75, 3.05) is 0 Å². The predicted octanol–water partition coefficient (Wildman–Crippen LogP) is 2.45. The second-order valence-corrected chi connectivity index (χ2v) is 6.44. The lowest BCUT2D eigenvalue weighted by atomic mass is 10.3. The highest BCUT2D eigenvalue weighted by Gasteiger charge is 2.23. The summed E-state index contributed by atoms with van der Waals surface area (Å²) in [5.74, 6) is -1.37. The van der Waals surface area contributed by atoms with Crippen molar-refractivity contribution < 1.29 is 18.3 Å². The van der Waals surface area contributed by atoms with Crippen LogP contribution in [-0.4, -0.2) is 19.5 Å². The molecule has 1 aromatic rings. The Hall–Kier alpha value is -0.0100. The molecule has 0 unspecified atom stereocenters. The van der Waals surface area contributed by atoms with Gasteiger partial charge in [0, 0.05) is 10.7 Å². The molecule has 0 atom stereocenters. The molecule has 1 heterocycles. The number of carbonyl (C=O) groups is 1. The second kappa shape index (κ2) is 4.67. The summed E-state index contributed by atoms with van der Waals surface area (Å²) in [7, 11) is 0.950. The fourth-order valence-electron chi connectivity index (χ4n) is 0.676. The van der Waals surface area contributed by atoms with E-state index in [9.17, 15) is 13.2 Å². The molecule has 14 heavy (non-hydrogen) atoms. The SMILES string of the molecule is Cl.O=C(O)c1cc(Cl)sc1S(=O)(=O)Cl. The fourth-order valence-corrected chi connectivity index (χ4v) is 3.37. The maximum absolute atomic E-state index is 10.8. The highest BCUT2D eigenvalue weighted by atomic mass is 35.7. The van der Waals surface area contributed by atoms with Crippen molar-refractivity contribution >= 4 is 61.0 Å². The van der Waals surface area contributed by atoms with Crippen molar-refractivity contribution in [3.63, 3.8) is 0 Å². The highest BCUT2D eigenvalue weighted by Crippen LogP contribution is 2.32. The summed E-state index contributed by atoms with van der Waals surface area (Å²) in [4.78, 5) is 10.5. The number of aromatic carboxylic acids is 1. The molecule has 0 bridgehead atoms. The van der Waals surface area contributed by atoms with Gasteiger partial charge in [0.15, 0.2) is 4.21 Å². The number of halogens is 3. The number of hydrogen-bond acceptors (Lipinski definition) is 4. The molecule has 9 heteroatoms. The van der Waals surface area contributed by atoms with Gasteiger partial charge >= 0.3 is 5.97 Å². The first-order valence-electron chi connectivity index (χ1n) is 2.79. The van der Waals surface area contributed by atoms with Crippen LogP contribution in [0.4, 0.5) is 0 Å². The topological polar surface area (TPSA) is 71.4 Å². The van der Waals surface area contributed by atoms with Crippen LogP contribution in [0.25, 0.3) is 0 Å². The van der Waals surface area contributed by atoms with Gasteiger partial charge in [-0.2, -0.15) is 0 Å². The summed E-state index contributed by atoms with van der Waals surface area (Å²) in [6.45, 7) is 0. The van der Waals surface area contributed by atoms with E-state index in [1.165, 1.54) is 0 Å². The molecule has 0 radical (unpaired) electrons. The van der Waals surface area contributed by atoms with Gasteiger partial charge in [0.25, 0.3) is 9.05 Å². The third-order valence-electron chi connectivity index (χ3n) is 1.12. The lowest BCUT2D eigenvalue weighted by Crippen LogP contribution is -2.00. The van der Waals surface area contributed by atoms with Gasteiger partial charge in [-0.1, -0.05) is 11.6 Å². The third kappa shape index (κ3) is 2.99. The van der Waals surface area contributed by atoms with Crippen molar-refractivity contribution in [1.82, 2.24) is 0 Å². The third-order valence-corrected chi connectivity index (χ3v) is 4.49. The van der Waals surface area contributed by atoms with Gasteiger partial charge < -0.3 is 5.11 Å². The van der Waals surface area contributed by atoms with Crippen LogP contribution in [0.15, 0.2) is 10.3 Å². The average molecular weight is 298 g/mol. The van der Waals surface area contributed by atoms with E-state index >= 15 is 0 Å². The molecular formula is C5H3Cl3O4S2. The molecule has 0 aliphatic carbocycles. The zero-order chi connectivity index (χ0) is 10.2. The molecule has 1 N–H and O–H groups in total. The highest BCUT2D eigenvalue weighted by molar-refractivity contribution is 8.15. The van der Waals surface area contributed by atoms with Gasteiger partial charge in [0.05, 0.1) is 9.90 Å². The van der Waals surface area contributed by atoms with Gasteiger partial charge in [0.2, 0.25) is 0 Å².